The molecule has 0 bridgehead atoms. The van der Waals surface area contributed by atoms with Crippen molar-refractivity contribution >= 4 is 17.8 Å². The Morgan fingerprint density at radius 3 is 2.23 bits per heavy atom. The molecule has 0 spiro atoms. The monoisotopic (exact) mass is 349 g/mol. The molecule has 4 heteroatoms. The van der Waals surface area contributed by atoms with Gasteiger partial charge in [-0.15, -0.1) is 0 Å². The van der Waals surface area contributed by atoms with Gasteiger partial charge >= 0.3 is 0 Å². The second kappa shape index (κ2) is 10.1. The summed E-state index contributed by atoms with van der Waals surface area (Å²) in [6, 6.07) is 19.2. The van der Waals surface area contributed by atoms with Crippen LogP contribution in [0.25, 0.3) is 6.08 Å². The van der Waals surface area contributed by atoms with Gasteiger partial charge in [-0.1, -0.05) is 66.7 Å². The fourth-order valence-electron chi connectivity index (χ4n) is 2.24. The highest BCUT2D eigenvalue weighted by Crippen LogP contribution is 2.10. The smallest absolute Gasteiger partial charge is 0.270 e. The fourth-order valence-corrected chi connectivity index (χ4v) is 2.24. The summed E-state index contributed by atoms with van der Waals surface area (Å²) in [4.78, 5) is 29.5. The van der Waals surface area contributed by atoms with Crippen LogP contribution in [0.5, 0.6) is 0 Å². The van der Waals surface area contributed by atoms with E-state index in [9.17, 15) is 9.59 Å². The lowest BCUT2D eigenvalue weighted by molar-refractivity contribution is -0.195. The number of benzene rings is 2. The Kier molecular flexibility index (Phi) is 7.52. The Morgan fingerprint density at radius 2 is 1.62 bits per heavy atom. The Labute approximate surface area is 154 Å². The van der Waals surface area contributed by atoms with Gasteiger partial charge in [-0.2, -0.15) is 0 Å². The van der Waals surface area contributed by atoms with Crippen molar-refractivity contribution < 1.29 is 14.4 Å². The molecule has 2 aromatic carbocycles. The summed E-state index contributed by atoms with van der Waals surface area (Å²) in [5.41, 5.74) is 1.89. The van der Waals surface area contributed by atoms with Crippen molar-refractivity contribution in [3.63, 3.8) is 0 Å². The average Bonchev–Trinajstić information content (AvgIpc) is 2.65. The molecule has 0 radical (unpaired) electrons. The lowest BCUT2D eigenvalue weighted by Gasteiger charge is -2.23. The molecule has 0 aromatic heterocycles. The molecule has 1 amide bonds. The van der Waals surface area contributed by atoms with Gasteiger partial charge in [0.05, 0.1) is 6.54 Å². The first-order chi connectivity index (χ1) is 12.5. The first-order valence-electron chi connectivity index (χ1n) is 8.48. The van der Waals surface area contributed by atoms with Crippen molar-refractivity contribution in [2.45, 2.75) is 26.5 Å². The van der Waals surface area contributed by atoms with Crippen molar-refractivity contribution in [1.82, 2.24) is 5.06 Å². The zero-order valence-corrected chi connectivity index (χ0v) is 15.0. The van der Waals surface area contributed by atoms with Crippen molar-refractivity contribution in [2.24, 2.45) is 0 Å². The molecule has 0 saturated carbocycles. The highest BCUT2D eigenvalue weighted by molar-refractivity contribution is 5.91. The fraction of sp³-hybridized carbons (Fsp3) is 0.182. The van der Waals surface area contributed by atoms with Crippen LogP contribution in [-0.2, 0) is 21.0 Å². The van der Waals surface area contributed by atoms with E-state index in [1.807, 2.05) is 60.7 Å². The lowest BCUT2D eigenvalue weighted by atomic mass is 10.2. The highest BCUT2D eigenvalue weighted by Gasteiger charge is 2.15. The van der Waals surface area contributed by atoms with Crippen LogP contribution in [0.1, 0.15) is 25.0 Å². The van der Waals surface area contributed by atoms with Gasteiger partial charge in [0.15, 0.2) is 5.78 Å². The summed E-state index contributed by atoms with van der Waals surface area (Å²) in [5.74, 6) is -0.328. The molecule has 0 aliphatic heterocycles. The van der Waals surface area contributed by atoms with Gasteiger partial charge in [0.2, 0.25) is 0 Å². The Bertz CT molecular complexity index is 766. The predicted octanol–water partition coefficient (Wildman–Crippen LogP) is 4.19. The first-order valence-corrected chi connectivity index (χ1v) is 8.48. The maximum Gasteiger partial charge on any atom is 0.270 e. The van der Waals surface area contributed by atoms with Gasteiger partial charge < -0.3 is 0 Å². The maximum absolute atomic E-state index is 12.6. The molecular weight excluding hydrogens is 326 g/mol. The standard InChI is InChI=1S/C22H23NO3/c1-18(24)13-14-19(2)26-23(17-21-11-7-4-8-12-21)22(25)16-15-20-9-5-3-6-10-20/h3-16,19H,17H2,1-2H3/b14-13+,16-15+. The molecule has 0 fully saturated rings. The molecule has 1 unspecified atom stereocenters. The van der Waals surface area contributed by atoms with Crippen molar-refractivity contribution in [1.29, 1.82) is 0 Å². The van der Waals surface area contributed by atoms with E-state index in [0.29, 0.717) is 6.54 Å². The van der Waals surface area contributed by atoms with E-state index in [-0.39, 0.29) is 11.7 Å². The number of rotatable bonds is 8. The van der Waals surface area contributed by atoms with Crippen LogP contribution in [0.3, 0.4) is 0 Å². The van der Waals surface area contributed by atoms with E-state index < -0.39 is 6.10 Å². The summed E-state index contributed by atoms with van der Waals surface area (Å²) in [5, 5.41) is 1.31. The van der Waals surface area contributed by atoms with E-state index in [4.69, 9.17) is 4.84 Å². The maximum atomic E-state index is 12.6. The number of carbonyl (C=O) groups excluding carboxylic acids is 2. The minimum absolute atomic E-state index is 0.0645. The number of hydrogen-bond acceptors (Lipinski definition) is 3. The molecule has 0 heterocycles. The Morgan fingerprint density at radius 1 is 1.00 bits per heavy atom. The van der Waals surface area contributed by atoms with E-state index in [0.717, 1.165) is 11.1 Å². The zero-order chi connectivity index (χ0) is 18.8. The minimum Gasteiger partial charge on any atom is -0.295 e. The largest absolute Gasteiger partial charge is 0.295 e. The van der Waals surface area contributed by atoms with Crippen molar-refractivity contribution in [2.75, 3.05) is 0 Å². The summed E-state index contributed by atoms with van der Waals surface area (Å²) in [7, 11) is 0. The van der Waals surface area contributed by atoms with E-state index >= 15 is 0 Å². The number of ketones is 1. The molecule has 4 nitrogen and oxygen atoms in total. The number of nitrogens with zero attached hydrogens (tertiary/aromatic N) is 1. The average molecular weight is 349 g/mol. The highest BCUT2D eigenvalue weighted by atomic mass is 16.7. The van der Waals surface area contributed by atoms with Crippen molar-refractivity contribution in [3.8, 4) is 0 Å². The third-order valence-electron chi connectivity index (χ3n) is 3.53. The predicted molar refractivity (Wildman–Crippen MR) is 103 cm³/mol. The lowest BCUT2D eigenvalue weighted by Crippen LogP contribution is -2.32. The molecule has 0 N–H and O–H groups in total. The molecule has 0 saturated heterocycles. The number of carbonyl (C=O) groups is 2. The first kappa shape index (κ1) is 19.3. The molecule has 2 aromatic rings. The van der Waals surface area contributed by atoms with Gasteiger partial charge in [-0.05, 0) is 37.1 Å². The molecule has 2 rings (SSSR count). The molecule has 0 aliphatic carbocycles. The second-order valence-corrected chi connectivity index (χ2v) is 5.88. The third kappa shape index (κ3) is 6.87. The molecular formula is C22H23NO3. The van der Waals surface area contributed by atoms with Gasteiger partial charge in [-0.25, -0.2) is 5.06 Å². The topological polar surface area (TPSA) is 46.6 Å². The summed E-state index contributed by atoms with van der Waals surface area (Å²) in [6.45, 7) is 3.57. The van der Waals surface area contributed by atoms with Gasteiger partial charge in [0, 0.05) is 6.08 Å². The quantitative estimate of drug-likeness (QED) is 0.530. The number of hydrogen-bond donors (Lipinski definition) is 0. The molecule has 26 heavy (non-hydrogen) atoms. The van der Waals surface area contributed by atoms with Crippen LogP contribution in [0.4, 0.5) is 0 Å². The molecule has 134 valence electrons. The van der Waals surface area contributed by atoms with Gasteiger partial charge in [-0.3, -0.25) is 14.4 Å². The normalized spacial score (nSPS) is 12.4. The van der Waals surface area contributed by atoms with E-state index in [2.05, 4.69) is 0 Å². The van der Waals surface area contributed by atoms with Crippen LogP contribution in [0, 0.1) is 0 Å². The van der Waals surface area contributed by atoms with Crippen LogP contribution in [0.15, 0.2) is 78.9 Å². The van der Waals surface area contributed by atoms with Crippen LogP contribution >= 0.6 is 0 Å². The number of amides is 1. The SMILES string of the molecule is CC(=O)/C=C/C(C)ON(Cc1ccccc1)C(=O)/C=C/c1ccccc1. The Hall–Kier alpha value is -2.98. The molecule has 0 aliphatic rings. The second-order valence-electron chi connectivity index (χ2n) is 5.88. The van der Waals surface area contributed by atoms with Crippen LogP contribution in [-0.4, -0.2) is 22.9 Å². The van der Waals surface area contributed by atoms with Gasteiger partial charge in [0.25, 0.3) is 5.91 Å². The Balaban J connectivity index is 2.11. The van der Waals surface area contributed by atoms with Crippen LogP contribution < -0.4 is 0 Å². The third-order valence-corrected chi connectivity index (χ3v) is 3.53. The summed E-state index contributed by atoms with van der Waals surface area (Å²) in [6.07, 6.45) is 5.90. The minimum atomic E-state index is -0.406. The van der Waals surface area contributed by atoms with Crippen LogP contribution in [0.2, 0.25) is 0 Å². The zero-order valence-electron chi connectivity index (χ0n) is 15.0. The number of allylic oxidation sites excluding steroid dienone is 1. The van der Waals surface area contributed by atoms with E-state index in [1.165, 1.54) is 24.1 Å². The van der Waals surface area contributed by atoms with Gasteiger partial charge in [0.1, 0.15) is 6.10 Å². The van der Waals surface area contributed by atoms with E-state index in [1.54, 1.807) is 19.1 Å². The summed E-state index contributed by atoms with van der Waals surface area (Å²) >= 11 is 0. The molecule has 1 atom stereocenters. The summed E-state index contributed by atoms with van der Waals surface area (Å²) < 4.78 is 0. The van der Waals surface area contributed by atoms with Crippen molar-refractivity contribution in [3.05, 3.63) is 90.0 Å². The number of hydroxylamine groups is 2.